The second-order valence-electron chi connectivity index (χ2n) is 3.48. The van der Waals surface area contributed by atoms with Gasteiger partial charge in [-0.05, 0) is 13.0 Å². The van der Waals surface area contributed by atoms with Crippen molar-refractivity contribution in [2.24, 2.45) is 0 Å². The average Bonchev–Trinajstić information content (AvgIpc) is 2.19. The molecule has 1 heterocycles. The van der Waals surface area contributed by atoms with Crippen molar-refractivity contribution in [2.45, 2.75) is 32.3 Å². The summed E-state index contributed by atoms with van der Waals surface area (Å²) in [6, 6.07) is 0. The van der Waals surface area contributed by atoms with Gasteiger partial charge in [0.05, 0.1) is 25.9 Å². The maximum atomic E-state index is 5.50. The summed E-state index contributed by atoms with van der Waals surface area (Å²) in [4.78, 5) is 0. The number of hydrogen-bond donors (Lipinski definition) is 1. The Balaban J connectivity index is 1.86. The third kappa shape index (κ3) is 5.24. The smallest absolute Gasteiger partial charge is 0.0933 e. The highest BCUT2D eigenvalue weighted by Gasteiger charge is 2.12. The van der Waals surface area contributed by atoms with E-state index in [0.29, 0.717) is 0 Å². The van der Waals surface area contributed by atoms with Crippen LogP contribution in [0.15, 0.2) is 0 Å². The molecule has 13 heavy (non-hydrogen) atoms. The predicted molar refractivity (Wildman–Crippen MR) is 53.0 cm³/mol. The van der Waals surface area contributed by atoms with Gasteiger partial charge in [0.1, 0.15) is 0 Å². The minimum absolute atomic E-state index is 0.273. The lowest BCUT2D eigenvalue weighted by Gasteiger charge is -2.23. The monoisotopic (exact) mass is 187 g/mol. The van der Waals surface area contributed by atoms with Crippen molar-refractivity contribution < 1.29 is 9.47 Å². The second-order valence-corrected chi connectivity index (χ2v) is 3.48. The van der Waals surface area contributed by atoms with E-state index in [1.807, 2.05) is 0 Å². The molecule has 1 unspecified atom stereocenters. The zero-order chi connectivity index (χ0) is 9.36. The van der Waals surface area contributed by atoms with Gasteiger partial charge in [-0.15, -0.1) is 0 Å². The van der Waals surface area contributed by atoms with Gasteiger partial charge in [-0.2, -0.15) is 0 Å². The molecule has 0 aromatic carbocycles. The zero-order valence-electron chi connectivity index (χ0n) is 8.55. The third-order valence-corrected chi connectivity index (χ3v) is 2.21. The maximum absolute atomic E-state index is 5.50. The normalized spacial score (nSPS) is 23.3. The summed E-state index contributed by atoms with van der Waals surface area (Å²) in [6.07, 6.45) is 4.14. The molecule has 1 fully saturated rings. The van der Waals surface area contributed by atoms with Gasteiger partial charge in [-0.1, -0.05) is 19.8 Å². The quantitative estimate of drug-likeness (QED) is 0.633. The van der Waals surface area contributed by atoms with Crippen molar-refractivity contribution in [3.63, 3.8) is 0 Å². The molecule has 0 amide bonds. The SMILES string of the molecule is CCCCCNCC1COCCO1. The molecule has 0 aliphatic carbocycles. The molecule has 1 atom stereocenters. The molecule has 0 bridgehead atoms. The Labute approximate surface area is 80.8 Å². The van der Waals surface area contributed by atoms with Crippen LogP contribution in [0.2, 0.25) is 0 Å². The minimum atomic E-state index is 0.273. The molecule has 1 rings (SSSR count). The fraction of sp³-hybridized carbons (Fsp3) is 1.00. The summed E-state index contributed by atoms with van der Waals surface area (Å²) in [5.74, 6) is 0. The van der Waals surface area contributed by atoms with Crippen molar-refractivity contribution in [3.05, 3.63) is 0 Å². The van der Waals surface area contributed by atoms with Gasteiger partial charge in [0.15, 0.2) is 0 Å². The van der Waals surface area contributed by atoms with Gasteiger partial charge < -0.3 is 14.8 Å². The molecule has 1 N–H and O–H groups in total. The van der Waals surface area contributed by atoms with E-state index < -0.39 is 0 Å². The van der Waals surface area contributed by atoms with E-state index in [-0.39, 0.29) is 6.10 Å². The standard InChI is InChI=1S/C10H21NO2/c1-2-3-4-5-11-8-10-9-12-6-7-13-10/h10-11H,2-9H2,1H3. The van der Waals surface area contributed by atoms with E-state index in [2.05, 4.69) is 12.2 Å². The van der Waals surface area contributed by atoms with Crippen LogP contribution in [0.3, 0.4) is 0 Å². The van der Waals surface area contributed by atoms with Crippen LogP contribution in [-0.4, -0.2) is 39.0 Å². The number of unbranched alkanes of at least 4 members (excludes halogenated alkanes) is 2. The fourth-order valence-electron chi connectivity index (χ4n) is 1.42. The van der Waals surface area contributed by atoms with Crippen LogP contribution in [0.4, 0.5) is 0 Å². The molecule has 1 aliphatic rings. The Morgan fingerprint density at radius 1 is 1.31 bits per heavy atom. The lowest BCUT2D eigenvalue weighted by molar-refractivity contribution is -0.0863. The van der Waals surface area contributed by atoms with E-state index >= 15 is 0 Å². The Kier molecular flexibility index (Phi) is 6.15. The van der Waals surface area contributed by atoms with Crippen molar-refractivity contribution in [2.75, 3.05) is 32.9 Å². The molecule has 3 heteroatoms. The van der Waals surface area contributed by atoms with Gasteiger partial charge in [0.25, 0.3) is 0 Å². The number of rotatable bonds is 6. The molecule has 3 nitrogen and oxygen atoms in total. The number of hydrogen-bond acceptors (Lipinski definition) is 3. The minimum Gasteiger partial charge on any atom is -0.376 e. The summed E-state index contributed by atoms with van der Waals surface area (Å²) >= 11 is 0. The Hall–Kier alpha value is -0.120. The van der Waals surface area contributed by atoms with Crippen LogP contribution in [0.5, 0.6) is 0 Å². The first-order valence-electron chi connectivity index (χ1n) is 5.33. The van der Waals surface area contributed by atoms with Gasteiger partial charge in [-0.25, -0.2) is 0 Å². The average molecular weight is 187 g/mol. The summed E-state index contributed by atoms with van der Waals surface area (Å²) in [6.45, 7) is 6.52. The Morgan fingerprint density at radius 2 is 2.23 bits per heavy atom. The van der Waals surface area contributed by atoms with E-state index in [1.54, 1.807) is 0 Å². The molecule has 1 aliphatic heterocycles. The van der Waals surface area contributed by atoms with Crippen molar-refractivity contribution in [3.8, 4) is 0 Å². The highest BCUT2D eigenvalue weighted by Crippen LogP contribution is 1.99. The lowest BCUT2D eigenvalue weighted by Crippen LogP contribution is -2.37. The summed E-state index contributed by atoms with van der Waals surface area (Å²) < 4.78 is 10.8. The Morgan fingerprint density at radius 3 is 2.92 bits per heavy atom. The van der Waals surface area contributed by atoms with E-state index in [9.17, 15) is 0 Å². The predicted octanol–water partition coefficient (Wildman–Crippen LogP) is 1.18. The van der Waals surface area contributed by atoms with Crippen molar-refractivity contribution >= 4 is 0 Å². The number of ether oxygens (including phenoxy) is 2. The van der Waals surface area contributed by atoms with Crippen LogP contribution in [0.1, 0.15) is 26.2 Å². The van der Waals surface area contributed by atoms with Crippen molar-refractivity contribution in [1.82, 2.24) is 5.32 Å². The molecule has 78 valence electrons. The number of nitrogens with one attached hydrogen (secondary N) is 1. The summed E-state index contributed by atoms with van der Waals surface area (Å²) in [7, 11) is 0. The van der Waals surface area contributed by atoms with Gasteiger partial charge in [-0.3, -0.25) is 0 Å². The highest BCUT2D eigenvalue weighted by molar-refractivity contribution is 4.63. The molecule has 0 saturated carbocycles. The van der Waals surface area contributed by atoms with E-state index in [1.165, 1.54) is 19.3 Å². The Bertz CT molecular complexity index is 113. The molecular weight excluding hydrogens is 166 g/mol. The molecule has 0 spiro atoms. The van der Waals surface area contributed by atoms with Crippen LogP contribution in [0, 0.1) is 0 Å². The lowest BCUT2D eigenvalue weighted by atomic mass is 10.2. The van der Waals surface area contributed by atoms with Crippen LogP contribution >= 0.6 is 0 Å². The van der Waals surface area contributed by atoms with Crippen LogP contribution < -0.4 is 5.32 Å². The highest BCUT2D eigenvalue weighted by atomic mass is 16.6. The van der Waals surface area contributed by atoms with Gasteiger partial charge in [0.2, 0.25) is 0 Å². The zero-order valence-corrected chi connectivity index (χ0v) is 8.55. The molecule has 1 saturated heterocycles. The van der Waals surface area contributed by atoms with Crippen molar-refractivity contribution in [1.29, 1.82) is 0 Å². The van der Waals surface area contributed by atoms with E-state index in [0.717, 1.165) is 32.9 Å². The second kappa shape index (κ2) is 7.30. The summed E-state index contributed by atoms with van der Waals surface area (Å²) in [5, 5.41) is 3.38. The molecule has 0 aromatic rings. The first-order valence-corrected chi connectivity index (χ1v) is 5.33. The largest absolute Gasteiger partial charge is 0.376 e. The van der Waals surface area contributed by atoms with E-state index in [4.69, 9.17) is 9.47 Å². The van der Waals surface area contributed by atoms with Crippen LogP contribution in [-0.2, 0) is 9.47 Å². The topological polar surface area (TPSA) is 30.5 Å². The summed E-state index contributed by atoms with van der Waals surface area (Å²) in [5.41, 5.74) is 0. The third-order valence-electron chi connectivity index (χ3n) is 2.21. The van der Waals surface area contributed by atoms with Gasteiger partial charge in [0, 0.05) is 6.54 Å². The first kappa shape index (κ1) is 11.0. The first-order chi connectivity index (χ1) is 6.43. The van der Waals surface area contributed by atoms with Gasteiger partial charge >= 0.3 is 0 Å². The van der Waals surface area contributed by atoms with Crippen LogP contribution in [0.25, 0.3) is 0 Å². The fourth-order valence-corrected chi connectivity index (χ4v) is 1.42. The maximum Gasteiger partial charge on any atom is 0.0933 e. The molecule has 0 radical (unpaired) electrons. The molecular formula is C10H21NO2. The molecule has 0 aromatic heterocycles.